The lowest BCUT2D eigenvalue weighted by Crippen LogP contribution is -2.53. The third kappa shape index (κ3) is 10.6. The molecule has 1 heterocycles. The number of aliphatic carboxylic acids is 1. The van der Waals surface area contributed by atoms with Crippen LogP contribution >= 0.6 is 11.8 Å². The molecule has 2 atom stereocenters. The first-order valence-electron chi connectivity index (χ1n) is 18.4. The van der Waals surface area contributed by atoms with E-state index in [1.807, 2.05) is 48.4 Å². The maximum absolute atomic E-state index is 14.3. The molecule has 292 valence electrons. The van der Waals surface area contributed by atoms with Crippen LogP contribution in [0, 0.1) is 11.3 Å². The summed E-state index contributed by atoms with van der Waals surface area (Å²) in [6, 6.07) is 17.1. The molecule has 2 unspecified atom stereocenters. The summed E-state index contributed by atoms with van der Waals surface area (Å²) < 4.78 is 37.8. The van der Waals surface area contributed by atoms with Crippen molar-refractivity contribution in [1.29, 1.82) is 5.41 Å². The van der Waals surface area contributed by atoms with Crippen LogP contribution in [0.5, 0.6) is 11.5 Å². The highest BCUT2D eigenvalue weighted by molar-refractivity contribution is 7.98. The zero-order chi connectivity index (χ0) is 39.5. The molecule has 0 aliphatic carbocycles. The van der Waals surface area contributed by atoms with E-state index in [0.717, 1.165) is 31.4 Å². The number of hydrogen-bond donors (Lipinski definition) is 5. The second-order valence-corrected chi connectivity index (χ2v) is 16.2. The fraction of sp³-hybridized carbons (Fsp3) is 0.450. The number of aromatic hydroxyl groups is 1. The number of fused-ring (bicyclic) bond motifs is 1. The minimum Gasteiger partial charge on any atom is -0.508 e. The van der Waals surface area contributed by atoms with E-state index in [4.69, 9.17) is 10.1 Å². The molecule has 0 spiro atoms. The van der Waals surface area contributed by atoms with Gasteiger partial charge in [0.1, 0.15) is 22.4 Å². The van der Waals surface area contributed by atoms with Crippen LogP contribution in [-0.4, -0.2) is 66.9 Å². The largest absolute Gasteiger partial charge is 0.508 e. The number of unbranched alkanes of at least 4 members (excludes halogenated alkanes) is 2. The van der Waals surface area contributed by atoms with Gasteiger partial charge in [0.2, 0.25) is 15.8 Å². The molecule has 0 radical (unpaired) electrons. The Hall–Kier alpha value is -4.40. The third-order valence-corrected chi connectivity index (χ3v) is 12.0. The van der Waals surface area contributed by atoms with Gasteiger partial charge in [-0.1, -0.05) is 83.2 Å². The fourth-order valence-electron chi connectivity index (χ4n) is 6.74. The summed E-state index contributed by atoms with van der Waals surface area (Å²) in [6.07, 6.45) is 7.17. The average molecular weight is 781 g/mol. The van der Waals surface area contributed by atoms with E-state index < -0.39 is 57.5 Å². The first-order chi connectivity index (χ1) is 25.8. The number of thioether (sulfide) groups is 1. The number of sulfonamides is 1. The third-order valence-electron chi connectivity index (χ3n) is 9.61. The van der Waals surface area contributed by atoms with E-state index >= 15 is 0 Å². The molecule has 1 aliphatic heterocycles. The zero-order valence-corrected chi connectivity index (χ0v) is 33.0. The van der Waals surface area contributed by atoms with Crippen molar-refractivity contribution in [2.45, 2.75) is 99.9 Å². The predicted molar refractivity (Wildman–Crippen MR) is 212 cm³/mol. The maximum atomic E-state index is 14.3. The Morgan fingerprint density at radius 1 is 1.00 bits per heavy atom. The minimum atomic E-state index is -4.09. The number of nitrogens with one attached hydrogen (secondary N) is 3. The number of carbonyl (C=O) groups excluding carboxylic acids is 2. The van der Waals surface area contributed by atoms with Crippen LogP contribution in [0.15, 0.2) is 76.5 Å². The number of carboxylic acids is 1. The van der Waals surface area contributed by atoms with Gasteiger partial charge in [-0.2, -0.15) is 0 Å². The van der Waals surface area contributed by atoms with Crippen LogP contribution in [0.1, 0.15) is 90.2 Å². The van der Waals surface area contributed by atoms with Gasteiger partial charge >= 0.3 is 5.97 Å². The Bertz CT molecular complexity index is 1880. The Labute approximate surface area is 322 Å². The normalized spacial score (nSPS) is 15.7. The number of benzene rings is 3. The van der Waals surface area contributed by atoms with Crippen molar-refractivity contribution >= 4 is 56.5 Å². The van der Waals surface area contributed by atoms with E-state index in [9.17, 15) is 33.0 Å². The monoisotopic (exact) mass is 780 g/mol. The van der Waals surface area contributed by atoms with E-state index in [2.05, 4.69) is 23.9 Å². The molecule has 12 nitrogen and oxygen atoms in total. The average Bonchev–Trinajstić information content (AvgIpc) is 3.25. The Kier molecular flexibility index (Phi) is 15.1. The summed E-state index contributed by atoms with van der Waals surface area (Å²) >= 11 is 1.33. The number of carbonyl (C=O) groups is 3. The molecular formula is C40H52N4O8S2. The van der Waals surface area contributed by atoms with Gasteiger partial charge in [0, 0.05) is 24.7 Å². The number of ketones is 1. The van der Waals surface area contributed by atoms with Crippen molar-refractivity contribution in [2.75, 3.05) is 24.3 Å². The van der Waals surface area contributed by atoms with Gasteiger partial charge in [-0.25, -0.2) is 13.1 Å². The summed E-state index contributed by atoms with van der Waals surface area (Å²) in [5, 5.41) is 30.5. The standard InChI is InChI=1S/C40H52N4O8S2/c1-5-8-20-40(21-9-6-2)26-44(29-14-11-10-12-15-29)32-23-34(53-4)33(24-35(32)54(50,51)43-40)52-25-36(46)42-37(27-16-18-30(45)19-17-27)38(47)31(41)22-28(13-7-3)39(48)49/h10-12,14-19,23-24,28,37,41,43,45H,5-9,13,20-22,25-26H2,1-4H3,(H,42,46)(H,48,49). The first kappa shape index (κ1) is 42.3. The lowest BCUT2D eigenvalue weighted by atomic mass is 9.87. The number of ether oxygens (including phenoxy) is 1. The second kappa shape index (κ2) is 19.3. The van der Waals surface area contributed by atoms with E-state index in [-0.39, 0.29) is 34.8 Å². The summed E-state index contributed by atoms with van der Waals surface area (Å²) in [6.45, 7) is 5.81. The highest BCUT2D eigenvalue weighted by Gasteiger charge is 2.42. The summed E-state index contributed by atoms with van der Waals surface area (Å²) in [7, 11) is -4.09. The van der Waals surface area contributed by atoms with Crippen molar-refractivity contribution < 1.29 is 37.8 Å². The first-order valence-corrected chi connectivity index (χ1v) is 21.1. The number of Topliss-reactive ketones (excluding diaryl/α,β-unsaturated/α-hetero) is 1. The van der Waals surface area contributed by atoms with Gasteiger partial charge < -0.3 is 30.6 Å². The Morgan fingerprint density at radius 2 is 1.65 bits per heavy atom. The van der Waals surface area contributed by atoms with Gasteiger partial charge in [0.15, 0.2) is 6.61 Å². The Morgan fingerprint density at radius 3 is 2.22 bits per heavy atom. The van der Waals surface area contributed by atoms with Crippen molar-refractivity contribution in [3.8, 4) is 11.5 Å². The van der Waals surface area contributed by atoms with Crippen LogP contribution in [0.4, 0.5) is 11.4 Å². The van der Waals surface area contributed by atoms with Crippen LogP contribution in [0.2, 0.25) is 0 Å². The molecule has 4 rings (SSSR count). The van der Waals surface area contributed by atoms with Crippen molar-refractivity contribution in [3.05, 3.63) is 72.3 Å². The number of nitrogens with zero attached hydrogens (tertiary/aromatic N) is 1. The molecule has 54 heavy (non-hydrogen) atoms. The summed E-state index contributed by atoms with van der Waals surface area (Å²) in [5.41, 5.74) is 0.421. The molecule has 1 amide bonds. The summed E-state index contributed by atoms with van der Waals surface area (Å²) in [5.74, 6) is -3.48. The van der Waals surface area contributed by atoms with Crippen molar-refractivity contribution in [1.82, 2.24) is 10.0 Å². The molecule has 5 N–H and O–H groups in total. The number of para-hydroxylation sites is 1. The number of hydrogen-bond acceptors (Lipinski definition) is 10. The molecule has 14 heteroatoms. The molecule has 3 aromatic rings. The lowest BCUT2D eigenvalue weighted by molar-refractivity contribution is -0.141. The molecule has 0 saturated heterocycles. The number of rotatable bonds is 20. The molecular weight excluding hydrogens is 729 g/mol. The van der Waals surface area contributed by atoms with Crippen LogP contribution in [0.25, 0.3) is 0 Å². The molecule has 0 fully saturated rings. The fourth-order valence-corrected chi connectivity index (χ4v) is 8.94. The van der Waals surface area contributed by atoms with Crippen molar-refractivity contribution in [3.63, 3.8) is 0 Å². The molecule has 0 bridgehead atoms. The molecule has 0 aromatic heterocycles. The minimum absolute atomic E-state index is 0.0140. The second-order valence-electron chi connectivity index (χ2n) is 13.7. The van der Waals surface area contributed by atoms with Gasteiger partial charge in [-0.05, 0) is 61.4 Å². The number of phenols is 1. The Balaban J connectivity index is 1.67. The molecule has 1 aliphatic rings. The van der Waals surface area contributed by atoms with Gasteiger partial charge in [-0.15, -0.1) is 11.8 Å². The smallest absolute Gasteiger partial charge is 0.306 e. The zero-order valence-electron chi connectivity index (χ0n) is 31.4. The number of phenolic OH excluding ortho intramolecular Hbond substituents is 1. The van der Waals surface area contributed by atoms with E-state index in [1.54, 1.807) is 6.07 Å². The van der Waals surface area contributed by atoms with E-state index in [1.165, 1.54) is 42.1 Å². The highest BCUT2D eigenvalue weighted by Crippen LogP contribution is 2.44. The van der Waals surface area contributed by atoms with Crippen LogP contribution in [0.3, 0.4) is 0 Å². The van der Waals surface area contributed by atoms with Crippen LogP contribution < -0.4 is 19.7 Å². The van der Waals surface area contributed by atoms with Gasteiger partial charge in [0.05, 0.1) is 27.8 Å². The summed E-state index contributed by atoms with van der Waals surface area (Å²) in [4.78, 5) is 41.5. The number of amides is 1. The SMILES string of the molecule is CCCCC1(CCCC)CN(c2ccccc2)c2cc(SC)c(OCC(=O)NC(C(=O)C(=N)CC(CCC)C(=O)O)c3ccc(O)cc3)cc2S(=O)(=O)N1. The molecule has 0 saturated carbocycles. The molecule has 3 aromatic carbocycles. The topological polar surface area (TPSA) is 186 Å². The van der Waals surface area contributed by atoms with Crippen molar-refractivity contribution in [2.24, 2.45) is 5.92 Å². The number of carboxylic acid groups (broad SMARTS) is 1. The highest BCUT2D eigenvalue weighted by atomic mass is 32.2. The lowest BCUT2D eigenvalue weighted by Gasteiger charge is -2.37. The number of anilines is 2. The maximum Gasteiger partial charge on any atom is 0.306 e. The van der Waals surface area contributed by atoms with Gasteiger partial charge in [-0.3, -0.25) is 14.4 Å². The van der Waals surface area contributed by atoms with E-state index in [0.29, 0.717) is 36.4 Å². The predicted octanol–water partition coefficient (Wildman–Crippen LogP) is 7.38. The van der Waals surface area contributed by atoms with Crippen LogP contribution in [-0.2, 0) is 24.4 Å². The quantitative estimate of drug-likeness (QED) is 0.0572. The van der Waals surface area contributed by atoms with Gasteiger partial charge in [0.25, 0.3) is 5.91 Å².